The van der Waals surface area contributed by atoms with Crippen molar-refractivity contribution in [2.45, 2.75) is 31.9 Å². The second-order valence-electron chi connectivity index (χ2n) is 3.45. The number of rotatable bonds is 5. The number of alkyl halides is 3. The van der Waals surface area contributed by atoms with Gasteiger partial charge >= 0.3 is 21.6 Å². The highest BCUT2D eigenvalue weighted by atomic mass is 32.2. The molecule has 0 bridgehead atoms. The van der Waals surface area contributed by atoms with Gasteiger partial charge in [0.25, 0.3) is 0 Å². The summed E-state index contributed by atoms with van der Waals surface area (Å²) in [6.07, 6.45) is -2.35. The molecular formula is C7H11F3O5S. The molecule has 9 heteroatoms. The fraction of sp³-hybridized carbons (Fsp3) is 0.857. The Labute approximate surface area is 90.3 Å². The van der Waals surface area contributed by atoms with Crippen molar-refractivity contribution in [3.8, 4) is 0 Å². The number of hydrogen-bond donors (Lipinski definition) is 1. The molecule has 96 valence electrons. The average molecular weight is 264 g/mol. The van der Waals surface area contributed by atoms with Gasteiger partial charge < -0.3 is 5.11 Å². The molecule has 0 fully saturated rings. The molecule has 0 rings (SSSR count). The topological polar surface area (TPSA) is 80.7 Å². The SMILES string of the molecule is CC(C)C[C@@H](OS(=O)(=O)C(F)(F)F)C(=O)O. The van der Waals surface area contributed by atoms with Crippen molar-refractivity contribution in [2.75, 3.05) is 0 Å². The van der Waals surface area contributed by atoms with E-state index in [0.29, 0.717) is 0 Å². The van der Waals surface area contributed by atoms with E-state index in [9.17, 15) is 26.4 Å². The molecule has 0 saturated carbocycles. The Hall–Kier alpha value is -0.830. The minimum atomic E-state index is -5.87. The molecule has 0 aromatic carbocycles. The normalized spacial score (nSPS) is 15.1. The van der Waals surface area contributed by atoms with E-state index in [1.54, 1.807) is 0 Å². The molecule has 0 aliphatic carbocycles. The summed E-state index contributed by atoms with van der Waals surface area (Å²) in [5.41, 5.74) is -5.61. The number of halogens is 3. The first kappa shape index (κ1) is 15.2. The summed E-state index contributed by atoms with van der Waals surface area (Å²) in [6, 6.07) is 0. The number of carboxylic acids is 1. The molecule has 1 N–H and O–H groups in total. The van der Waals surface area contributed by atoms with E-state index in [0.717, 1.165) is 0 Å². The Bertz CT molecular complexity index is 346. The molecule has 0 spiro atoms. The first-order valence-corrected chi connectivity index (χ1v) is 5.60. The van der Waals surface area contributed by atoms with Crippen molar-refractivity contribution < 1.29 is 35.7 Å². The maximum Gasteiger partial charge on any atom is 0.523 e. The zero-order valence-corrected chi connectivity index (χ0v) is 9.30. The van der Waals surface area contributed by atoms with E-state index in [1.165, 1.54) is 13.8 Å². The van der Waals surface area contributed by atoms with Gasteiger partial charge in [-0.25, -0.2) is 8.98 Å². The molecule has 0 amide bonds. The number of carboxylic acid groups (broad SMARTS) is 1. The van der Waals surface area contributed by atoms with Crippen LogP contribution in [-0.2, 0) is 19.1 Å². The summed E-state index contributed by atoms with van der Waals surface area (Å²) >= 11 is 0. The lowest BCUT2D eigenvalue weighted by molar-refractivity contribution is -0.146. The van der Waals surface area contributed by atoms with Gasteiger partial charge in [-0.05, 0) is 12.3 Å². The van der Waals surface area contributed by atoms with E-state index in [4.69, 9.17) is 5.11 Å². The molecular weight excluding hydrogens is 253 g/mol. The van der Waals surface area contributed by atoms with Gasteiger partial charge in [0.1, 0.15) is 0 Å². The van der Waals surface area contributed by atoms with Crippen LogP contribution in [0, 0.1) is 5.92 Å². The monoisotopic (exact) mass is 264 g/mol. The molecule has 0 saturated heterocycles. The zero-order valence-electron chi connectivity index (χ0n) is 8.48. The lowest BCUT2D eigenvalue weighted by atomic mass is 10.1. The number of hydrogen-bond acceptors (Lipinski definition) is 4. The molecule has 0 aliphatic rings. The molecule has 0 heterocycles. The predicted molar refractivity (Wildman–Crippen MR) is 46.9 cm³/mol. The maximum atomic E-state index is 11.9. The van der Waals surface area contributed by atoms with Crippen LogP contribution in [0.2, 0.25) is 0 Å². The van der Waals surface area contributed by atoms with Gasteiger partial charge in [0, 0.05) is 0 Å². The summed E-state index contributed by atoms with van der Waals surface area (Å²) in [4.78, 5) is 10.5. The van der Waals surface area contributed by atoms with E-state index < -0.39 is 27.7 Å². The van der Waals surface area contributed by atoms with Crippen LogP contribution in [0.5, 0.6) is 0 Å². The van der Waals surface area contributed by atoms with Crippen LogP contribution in [0.3, 0.4) is 0 Å². The maximum absolute atomic E-state index is 11.9. The highest BCUT2D eigenvalue weighted by molar-refractivity contribution is 7.87. The van der Waals surface area contributed by atoms with Crippen molar-refractivity contribution in [3.05, 3.63) is 0 Å². The van der Waals surface area contributed by atoms with Crippen LogP contribution in [0.15, 0.2) is 0 Å². The van der Waals surface area contributed by atoms with Crippen molar-refractivity contribution in [3.63, 3.8) is 0 Å². The lowest BCUT2D eigenvalue weighted by Crippen LogP contribution is -2.34. The summed E-state index contributed by atoms with van der Waals surface area (Å²) < 4.78 is 60.4. The third-order valence-electron chi connectivity index (χ3n) is 1.49. The van der Waals surface area contributed by atoms with Crippen LogP contribution in [0.25, 0.3) is 0 Å². The van der Waals surface area contributed by atoms with Gasteiger partial charge in [0.15, 0.2) is 6.10 Å². The molecule has 0 aromatic heterocycles. The minimum absolute atomic E-state index is 0.315. The predicted octanol–water partition coefficient (Wildman–Crippen LogP) is 1.35. The Balaban J connectivity index is 4.85. The van der Waals surface area contributed by atoms with Gasteiger partial charge in [-0.15, -0.1) is 0 Å². The van der Waals surface area contributed by atoms with Crippen LogP contribution < -0.4 is 0 Å². The zero-order chi connectivity index (χ0) is 13.1. The van der Waals surface area contributed by atoms with E-state index >= 15 is 0 Å². The van der Waals surface area contributed by atoms with Crippen LogP contribution in [0.4, 0.5) is 13.2 Å². The summed E-state index contributed by atoms with van der Waals surface area (Å²) in [7, 11) is -5.87. The Morgan fingerprint density at radius 2 is 1.81 bits per heavy atom. The molecule has 0 aliphatic heterocycles. The molecule has 0 unspecified atom stereocenters. The van der Waals surface area contributed by atoms with Crippen LogP contribution >= 0.6 is 0 Å². The quantitative estimate of drug-likeness (QED) is 0.599. The summed E-state index contributed by atoms with van der Waals surface area (Å²) in [5, 5.41) is 8.49. The summed E-state index contributed by atoms with van der Waals surface area (Å²) in [6.45, 7) is 3.05. The van der Waals surface area contributed by atoms with Crippen molar-refractivity contribution >= 4 is 16.1 Å². The minimum Gasteiger partial charge on any atom is -0.479 e. The second kappa shape index (κ2) is 5.00. The van der Waals surface area contributed by atoms with Gasteiger partial charge in [-0.2, -0.15) is 21.6 Å². The van der Waals surface area contributed by atoms with E-state index in [-0.39, 0.29) is 12.3 Å². The summed E-state index contributed by atoms with van der Waals surface area (Å²) in [5.74, 6) is -2.06. The van der Waals surface area contributed by atoms with Crippen LogP contribution in [-0.4, -0.2) is 31.1 Å². The Morgan fingerprint density at radius 3 is 2.06 bits per heavy atom. The van der Waals surface area contributed by atoms with Crippen molar-refractivity contribution in [2.24, 2.45) is 5.92 Å². The van der Waals surface area contributed by atoms with Gasteiger partial charge in [-0.1, -0.05) is 13.8 Å². The average Bonchev–Trinajstić information content (AvgIpc) is 1.98. The molecule has 0 radical (unpaired) electrons. The second-order valence-corrected chi connectivity index (χ2v) is 5.02. The molecule has 5 nitrogen and oxygen atoms in total. The fourth-order valence-electron chi connectivity index (χ4n) is 0.817. The van der Waals surface area contributed by atoms with Gasteiger partial charge in [0.2, 0.25) is 0 Å². The Kier molecular flexibility index (Phi) is 4.74. The lowest BCUT2D eigenvalue weighted by Gasteiger charge is -2.16. The molecule has 0 aromatic rings. The van der Waals surface area contributed by atoms with Crippen molar-refractivity contribution in [1.82, 2.24) is 0 Å². The van der Waals surface area contributed by atoms with Gasteiger partial charge in [-0.3, -0.25) is 0 Å². The smallest absolute Gasteiger partial charge is 0.479 e. The standard InChI is InChI=1S/C7H11F3O5S/c1-4(2)3-5(6(11)12)15-16(13,14)7(8,9)10/h4-5H,3H2,1-2H3,(H,11,12)/t5-/m1/s1. The highest BCUT2D eigenvalue weighted by Crippen LogP contribution is 2.27. The first-order valence-electron chi connectivity index (χ1n) is 4.19. The molecule has 1 atom stereocenters. The molecule has 16 heavy (non-hydrogen) atoms. The third-order valence-corrected chi connectivity index (χ3v) is 2.54. The number of aliphatic carboxylic acids is 1. The van der Waals surface area contributed by atoms with Gasteiger partial charge in [0.05, 0.1) is 0 Å². The van der Waals surface area contributed by atoms with E-state index in [1.807, 2.05) is 0 Å². The first-order chi connectivity index (χ1) is 6.97. The van der Waals surface area contributed by atoms with Crippen LogP contribution in [0.1, 0.15) is 20.3 Å². The largest absolute Gasteiger partial charge is 0.523 e. The van der Waals surface area contributed by atoms with Crippen molar-refractivity contribution in [1.29, 1.82) is 0 Å². The fourth-order valence-corrected chi connectivity index (χ4v) is 1.39. The Morgan fingerprint density at radius 1 is 1.38 bits per heavy atom. The highest BCUT2D eigenvalue weighted by Gasteiger charge is 2.49. The number of carbonyl (C=O) groups is 1. The third kappa shape index (κ3) is 4.35. The van der Waals surface area contributed by atoms with E-state index in [2.05, 4.69) is 4.18 Å².